The molecule has 2 unspecified atom stereocenters. The van der Waals surface area contributed by atoms with Gasteiger partial charge in [0, 0.05) is 33.3 Å². The number of nitrogens with one attached hydrogen (secondary N) is 1. The summed E-state index contributed by atoms with van der Waals surface area (Å²) in [6.07, 6.45) is 0.963. The number of hydrogen-bond acceptors (Lipinski definition) is 3. The highest BCUT2D eigenvalue weighted by Gasteiger charge is 2.41. The molecule has 4 aromatic carbocycles. The molecule has 38 heavy (non-hydrogen) atoms. The molecule has 0 fully saturated rings. The second-order valence-corrected chi connectivity index (χ2v) is 10.5. The van der Waals surface area contributed by atoms with Crippen LogP contribution in [0, 0.1) is 0 Å². The van der Waals surface area contributed by atoms with Gasteiger partial charge in [-0.15, -0.1) is 0 Å². The summed E-state index contributed by atoms with van der Waals surface area (Å²) in [5.41, 5.74) is 5.28. The van der Waals surface area contributed by atoms with Gasteiger partial charge < -0.3 is 5.32 Å². The number of carbonyl (C=O) groups excluding carboxylic acids is 2. The molecular weight excluding hydrogens is 515 g/mol. The lowest BCUT2D eigenvalue weighted by Crippen LogP contribution is -2.38. The van der Waals surface area contributed by atoms with Gasteiger partial charge in [0.15, 0.2) is 5.78 Å². The lowest BCUT2D eigenvalue weighted by atomic mass is 9.78. The Balaban J connectivity index is 1.56. The van der Waals surface area contributed by atoms with Gasteiger partial charge in [-0.2, -0.15) is 0 Å². The van der Waals surface area contributed by atoms with Crippen molar-refractivity contribution in [2.45, 2.75) is 24.8 Å². The van der Waals surface area contributed by atoms with Gasteiger partial charge in [-0.05, 0) is 72.0 Å². The number of carbonyl (C=O) groups is 2. The number of amides is 1. The van der Waals surface area contributed by atoms with Gasteiger partial charge in [0.2, 0.25) is 0 Å². The number of benzene rings is 4. The molecule has 4 aromatic rings. The van der Waals surface area contributed by atoms with Crippen LogP contribution >= 0.6 is 23.2 Å². The number of ketones is 1. The van der Waals surface area contributed by atoms with Crippen molar-refractivity contribution in [3.8, 4) is 0 Å². The summed E-state index contributed by atoms with van der Waals surface area (Å²) in [6, 6.07) is 31.3. The van der Waals surface area contributed by atoms with Crippen molar-refractivity contribution < 1.29 is 9.59 Å². The van der Waals surface area contributed by atoms with E-state index in [9.17, 15) is 9.59 Å². The van der Waals surface area contributed by atoms with Gasteiger partial charge in [0.1, 0.15) is 0 Å². The van der Waals surface area contributed by atoms with E-state index in [0.717, 1.165) is 22.5 Å². The van der Waals surface area contributed by atoms with Crippen molar-refractivity contribution in [1.82, 2.24) is 0 Å². The molecule has 0 saturated carbocycles. The lowest BCUT2D eigenvalue weighted by molar-refractivity contribution is -0.116. The van der Waals surface area contributed by atoms with Crippen LogP contribution in [0.3, 0.4) is 0 Å². The molecule has 1 heterocycles. The third-order valence-corrected chi connectivity index (χ3v) is 7.72. The second-order valence-electron chi connectivity index (χ2n) is 9.61. The number of anilines is 2. The van der Waals surface area contributed by atoms with Crippen molar-refractivity contribution in [3.05, 3.63) is 141 Å². The number of rotatable bonds is 3. The fraction of sp³-hybridized carbons (Fsp3) is 0.125. The molecule has 1 aliphatic heterocycles. The standard InChI is InChI=1S/C32H24Cl2N2O2/c33-24-15-13-20(14-16-24)23-18-27-30(29(37)19-23)31(22-9-6-10-25(34)17-22)36(28-12-5-4-11-26(28)35-27)32(38)21-7-2-1-3-8-21/h1-17,23,31,35H,18-19H2. The summed E-state index contributed by atoms with van der Waals surface area (Å²) < 4.78 is 0. The minimum absolute atomic E-state index is 0.00217. The van der Waals surface area contributed by atoms with E-state index in [4.69, 9.17) is 23.2 Å². The molecule has 4 nitrogen and oxygen atoms in total. The predicted octanol–water partition coefficient (Wildman–Crippen LogP) is 8.21. The number of nitrogens with zero attached hydrogens (tertiary/aromatic N) is 1. The van der Waals surface area contributed by atoms with E-state index in [0.29, 0.717) is 39.7 Å². The number of fused-ring (bicyclic) bond motifs is 1. The third-order valence-electron chi connectivity index (χ3n) is 7.23. The van der Waals surface area contributed by atoms with Gasteiger partial charge in [-0.25, -0.2) is 0 Å². The fourth-order valence-electron chi connectivity index (χ4n) is 5.50. The molecule has 0 bridgehead atoms. The van der Waals surface area contributed by atoms with Crippen molar-refractivity contribution in [2.75, 3.05) is 10.2 Å². The lowest BCUT2D eigenvalue weighted by Gasteiger charge is -2.35. The van der Waals surface area contributed by atoms with E-state index in [2.05, 4.69) is 5.32 Å². The molecule has 188 valence electrons. The fourth-order valence-corrected chi connectivity index (χ4v) is 5.82. The second kappa shape index (κ2) is 10.1. The van der Waals surface area contributed by atoms with Gasteiger partial charge in [-0.3, -0.25) is 14.5 Å². The van der Waals surface area contributed by atoms with E-state index in [-0.39, 0.29) is 17.6 Å². The zero-order valence-electron chi connectivity index (χ0n) is 20.4. The number of para-hydroxylation sites is 2. The Bertz CT molecular complexity index is 1560. The van der Waals surface area contributed by atoms with Gasteiger partial charge in [0.05, 0.1) is 17.4 Å². The third kappa shape index (κ3) is 4.51. The zero-order valence-corrected chi connectivity index (χ0v) is 21.9. The first-order chi connectivity index (χ1) is 18.5. The first-order valence-corrected chi connectivity index (χ1v) is 13.3. The summed E-state index contributed by atoms with van der Waals surface area (Å²) in [6.45, 7) is 0. The SMILES string of the molecule is O=C1CC(c2ccc(Cl)cc2)CC2=C1C(c1cccc(Cl)c1)N(C(=O)c1ccccc1)c1ccccc1N2. The number of halogens is 2. The largest absolute Gasteiger partial charge is 0.357 e. The summed E-state index contributed by atoms with van der Waals surface area (Å²) in [5.74, 6) is -0.192. The first kappa shape index (κ1) is 24.5. The highest BCUT2D eigenvalue weighted by molar-refractivity contribution is 6.31. The molecule has 1 aliphatic carbocycles. The molecule has 2 aliphatic rings. The van der Waals surface area contributed by atoms with Crippen molar-refractivity contribution in [3.63, 3.8) is 0 Å². The van der Waals surface area contributed by atoms with Crippen LogP contribution in [0.1, 0.15) is 46.3 Å². The Hall–Kier alpha value is -3.86. The van der Waals surface area contributed by atoms with E-state index >= 15 is 0 Å². The smallest absolute Gasteiger partial charge is 0.259 e. The van der Waals surface area contributed by atoms with E-state index < -0.39 is 6.04 Å². The molecule has 2 atom stereocenters. The van der Waals surface area contributed by atoms with Crippen molar-refractivity contribution in [1.29, 1.82) is 0 Å². The molecule has 0 aromatic heterocycles. The quantitative estimate of drug-likeness (QED) is 0.286. The Morgan fingerprint density at radius 3 is 2.26 bits per heavy atom. The molecule has 6 rings (SSSR count). The summed E-state index contributed by atoms with van der Waals surface area (Å²) >= 11 is 12.6. The van der Waals surface area contributed by atoms with Crippen LogP contribution in [-0.2, 0) is 4.79 Å². The van der Waals surface area contributed by atoms with E-state index in [1.165, 1.54) is 0 Å². The molecule has 1 N–H and O–H groups in total. The van der Waals surface area contributed by atoms with Crippen LogP contribution in [0.2, 0.25) is 10.0 Å². The maximum Gasteiger partial charge on any atom is 0.259 e. The minimum atomic E-state index is -0.647. The summed E-state index contributed by atoms with van der Waals surface area (Å²) in [7, 11) is 0. The van der Waals surface area contributed by atoms with Crippen LogP contribution in [0.25, 0.3) is 0 Å². The molecule has 0 radical (unpaired) electrons. The normalized spacial score (nSPS) is 18.8. The van der Waals surface area contributed by atoms with E-state index in [1.807, 2.05) is 84.9 Å². The maximum absolute atomic E-state index is 14.2. The summed E-state index contributed by atoms with van der Waals surface area (Å²) in [4.78, 5) is 30.0. The molecule has 0 spiro atoms. The highest BCUT2D eigenvalue weighted by atomic mass is 35.5. The Kier molecular flexibility index (Phi) is 6.52. The molecule has 6 heteroatoms. The first-order valence-electron chi connectivity index (χ1n) is 12.5. The van der Waals surface area contributed by atoms with Crippen LogP contribution in [0.4, 0.5) is 11.4 Å². The number of Topliss-reactive ketones (excluding diaryl/α,β-unsaturated/α-hetero) is 1. The van der Waals surface area contributed by atoms with Crippen LogP contribution < -0.4 is 10.2 Å². The topological polar surface area (TPSA) is 49.4 Å². The summed E-state index contributed by atoms with van der Waals surface area (Å²) in [5, 5.41) is 4.77. The van der Waals surface area contributed by atoms with Gasteiger partial charge in [-0.1, -0.05) is 77.8 Å². The Morgan fingerprint density at radius 2 is 1.50 bits per heavy atom. The number of allylic oxidation sites excluding steroid dienone is 1. The van der Waals surface area contributed by atoms with E-state index in [1.54, 1.807) is 23.1 Å². The monoisotopic (exact) mass is 538 g/mol. The van der Waals surface area contributed by atoms with Crippen LogP contribution in [-0.4, -0.2) is 11.7 Å². The zero-order chi connectivity index (χ0) is 26.2. The molecular formula is C32H24Cl2N2O2. The molecule has 0 saturated heterocycles. The average molecular weight is 539 g/mol. The van der Waals surface area contributed by atoms with Crippen molar-refractivity contribution in [2.24, 2.45) is 0 Å². The van der Waals surface area contributed by atoms with Gasteiger partial charge in [0.25, 0.3) is 5.91 Å². The average Bonchev–Trinajstić information content (AvgIpc) is 3.08. The Labute approximate surface area is 231 Å². The predicted molar refractivity (Wildman–Crippen MR) is 153 cm³/mol. The molecule has 1 amide bonds. The van der Waals surface area contributed by atoms with Gasteiger partial charge >= 0.3 is 0 Å². The maximum atomic E-state index is 14.2. The van der Waals surface area contributed by atoms with Crippen molar-refractivity contribution >= 4 is 46.3 Å². The highest BCUT2D eigenvalue weighted by Crippen LogP contribution is 2.48. The number of hydrogen-bond donors (Lipinski definition) is 1. The Morgan fingerprint density at radius 1 is 0.763 bits per heavy atom. The van der Waals surface area contributed by atoms with Crippen LogP contribution in [0.15, 0.2) is 114 Å². The minimum Gasteiger partial charge on any atom is -0.357 e. The van der Waals surface area contributed by atoms with Crippen LogP contribution in [0.5, 0.6) is 0 Å².